The molecule has 0 unspecified atom stereocenters. The number of nitrogens with zero attached hydrogens (tertiary/aromatic N) is 1. The average Bonchev–Trinajstić information content (AvgIpc) is 2.19. The van der Waals surface area contributed by atoms with Gasteiger partial charge in [-0.25, -0.2) is 0 Å². The Morgan fingerprint density at radius 1 is 1.50 bits per heavy atom. The van der Waals surface area contributed by atoms with Crippen LogP contribution in [0, 0.1) is 11.3 Å². The van der Waals surface area contributed by atoms with Crippen LogP contribution in [0.25, 0.3) is 0 Å². The van der Waals surface area contributed by atoms with Crippen molar-refractivity contribution in [3.8, 4) is 6.07 Å². The van der Waals surface area contributed by atoms with E-state index < -0.39 is 0 Å². The van der Waals surface area contributed by atoms with Crippen LogP contribution >= 0.6 is 11.8 Å². The first-order valence-corrected chi connectivity index (χ1v) is 5.44. The first-order chi connectivity index (χ1) is 6.76. The molecule has 0 spiro atoms. The normalized spacial score (nSPS) is 9.14. The Bertz CT molecular complexity index is 353. The molecule has 1 amide bonds. The van der Waals surface area contributed by atoms with Crippen molar-refractivity contribution in [3.63, 3.8) is 0 Å². The number of hydrogen-bond acceptors (Lipinski definition) is 3. The van der Waals surface area contributed by atoms with Crippen LogP contribution in [0.5, 0.6) is 0 Å². The number of anilines is 1. The van der Waals surface area contributed by atoms with E-state index >= 15 is 0 Å². The van der Waals surface area contributed by atoms with Crippen molar-refractivity contribution in [2.75, 3.05) is 17.3 Å². The van der Waals surface area contributed by atoms with Gasteiger partial charge >= 0.3 is 0 Å². The monoisotopic (exact) mass is 206 g/mol. The van der Waals surface area contributed by atoms with Gasteiger partial charge in [0.15, 0.2) is 0 Å². The van der Waals surface area contributed by atoms with Gasteiger partial charge in [-0.3, -0.25) is 4.79 Å². The Morgan fingerprint density at radius 3 is 2.64 bits per heavy atom. The number of carbonyl (C=O) groups excluding carboxylic acids is 1. The Hall–Kier alpha value is -1.47. The predicted molar refractivity (Wildman–Crippen MR) is 58.2 cm³/mol. The molecule has 0 aliphatic carbocycles. The molecule has 0 saturated carbocycles. The number of carbonyl (C=O) groups is 1. The molecule has 14 heavy (non-hydrogen) atoms. The first kappa shape index (κ1) is 10.6. The van der Waals surface area contributed by atoms with Crippen LogP contribution in [0.3, 0.4) is 0 Å². The van der Waals surface area contributed by atoms with E-state index in [-0.39, 0.29) is 5.91 Å². The molecule has 0 bridgehead atoms. The second-order valence-corrected chi connectivity index (χ2v) is 3.54. The number of thioether (sulfide) groups is 1. The third-order valence-corrected chi connectivity index (χ3v) is 2.12. The van der Waals surface area contributed by atoms with E-state index in [0.717, 1.165) is 5.69 Å². The van der Waals surface area contributed by atoms with Gasteiger partial charge in [-0.1, -0.05) is 0 Å². The number of amides is 1. The first-order valence-electron chi connectivity index (χ1n) is 4.05. The third-order valence-electron chi connectivity index (χ3n) is 1.57. The van der Waals surface area contributed by atoms with Gasteiger partial charge in [0, 0.05) is 5.69 Å². The molecule has 1 rings (SSSR count). The molecular formula is C10H10N2OS. The smallest absolute Gasteiger partial charge is 0.234 e. The van der Waals surface area contributed by atoms with E-state index in [0.29, 0.717) is 11.3 Å². The molecule has 0 fully saturated rings. The van der Waals surface area contributed by atoms with E-state index in [4.69, 9.17) is 5.26 Å². The summed E-state index contributed by atoms with van der Waals surface area (Å²) in [7, 11) is 0. The van der Waals surface area contributed by atoms with Crippen LogP contribution in [-0.4, -0.2) is 17.9 Å². The highest BCUT2D eigenvalue weighted by atomic mass is 32.2. The lowest BCUT2D eigenvalue weighted by Crippen LogP contribution is -2.13. The van der Waals surface area contributed by atoms with Crippen LogP contribution < -0.4 is 5.32 Å². The van der Waals surface area contributed by atoms with Gasteiger partial charge in [0.05, 0.1) is 17.4 Å². The van der Waals surface area contributed by atoms with Crippen LogP contribution in [0.4, 0.5) is 5.69 Å². The van der Waals surface area contributed by atoms with Crippen molar-refractivity contribution in [2.24, 2.45) is 0 Å². The van der Waals surface area contributed by atoms with Crippen LogP contribution in [0.2, 0.25) is 0 Å². The zero-order valence-corrected chi connectivity index (χ0v) is 8.60. The van der Waals surface area contributed by atoms with Crippen LogP contribution in [0.15, 0.2) is 24.3 Å². The molecule has 0 atom stereocenters. The van der Waals surface area contributed by atoms with Crippen molar-refractivity contribution in [1.29, 1.82) is 5.26 Å². The Balaban J connectivity index is 2.61. The van der Waals surface area contributed by atoms with Gasteiger partial charge in [0.25, 0.3) is 0 Å². The van der Waals surface area contributed by atoms with Crippen molar-refractivity contribution in [2.45, 2.75) is 0 Å². The molecule has 0 radical (unpaired) electrons. The van der Waals surface area contributed by atoms with Crippen molar-refractivity contribution in [3.05, 3.63) is 29.8 Å². The molecule has 0 aliphatic heterocycles. The van der Waals surface area contributed by atoms with Crippen LogP contribution in [-0.2, 0) is 4.79 Å². The van der Waals surface area contributed by atoms with E-state index in [1.165, 1.54) is 11.8 Å². The maximum absolute atomic E-state index is 11.2. The summed E-state index contributed by atoms with van der Waals surface area (Å²) in [4.78, 5) is 11.2. The fourth-order valence-electron chi connectivity index (χ4n) is 0.956. The number of hydrogen-bond donors (Lipinski definition) is 1. The predicted octanol–water partition coefficient (Wildman–Crippen LogP) is 1.86. The average molecular weight is 206 g/mol. The van der Waals surface area contributed by atoms with Gasteiger partial charge in [-0.05, 0) is 30.5 Å². The molecule has 4 heteroatoms. The maximum atomic E-state index is 11.2. The van der Waals surface area contributed by atoms with E-state index in [1.807, 2.05) is 12.3 Å². The summed E-state index contributed by atoms with van der Waals surface area (Å²) in [6.45, 7) is 0. The summed E-state index contributed by atoms with van der Waals surface area (Å²) in [5, 5.41) is 11.3. The Kier molecular flexibility index (Phi) is 4.02. The summed E-state index contributed by atoms with van der Waals surface area (Å²) in [6, 6.07) is 8.80. The number of nitrogens with one attached hydrogen (secondary N) is 1. The topological polar surface area (TPSA) is 52.9 Å². The standard InChI is InChI=1S/C10H10N2OS/c1-14-7-10(13)12-9-4-2-8(6-11)3-5-9/h2-5H,7H2,1H3,(H,12,13). The van der Waals surface area contributed by atoms with Crippen molar-refractivity contribution in [1.82, 2.24) is 0 Å². The summed E-state index contributed by atoms with van der Waals surface area (Å²) in [6.07, 6.45) is 1.87. The molecule has 1 N–H and O–H groups in total. The lowest BCUT2D eigenvalue weighted by Gasteiger charge is -2.02. The van der Waals surface area contributed by atoms with Gasteiger partial charge in [-0.15, -0.1) is 0 Å². The SMILES string of the molecule is CSCC(=O)Nc1ccc(C#N)cc1. The molecule has 0 aliphatic rings. The molecule has 72 valence electrons. The van der Waals surface area contributed by atoms with E-state index in [9.17, 15) is 4.79 Å². The number of benzene rings is 1. The molecule has 1 aromatic carbocycles. The van der Waals surface area contributed by atoms with Gasteiger partial charge in [-0.2, -0.15) is 17.0 Å². The molecular weight excluding hydrogens is 196 g/mol. The summed E-state index contributed by atoms with van der Waals surface area (Å²) in [5.74, 6) is 0.419. The maximum Gasteiger partial charge on any atom is 0.234 e. The lowest BCUT2D eigenvalue weighted by molar-refractivity contribution is -0.113. The highest BCUT2D eigenvalue weighted by Crippen LogP contribution is 2.09. The fourth-order valence-corrected chi connectivity index (χ4v) is 1.29. The molecule has 0 aromatic heterocycles. The quantitative estimate of drug-likeness (QED) is 0.821. The molecule has 0 saturated heterocycles. The second-order valence-electron chi connectivity index (χ2n) is 2.67. The van der Waals surface area contributed by atoms with E-state index in [2.05, 4.69) is 5.32 Å². The van der Waals surface area contributed by atoms with Crippen LogP contribution in [0.1, 0.15) is 5.56 Å². The molecule has 3 nitrogen and oxygen atoms in total. The second kappa shape index (κ2) is 5.30. The molecule has 0 heterocycles. The summed E-state index contributed by atoms with van der Waals surface area (Å²) >= 11 is 1.47. The Morgan fingerprint density at radius 2 is 2.14 bits per heavy atom. The van der Waals surface area contributed by atoms with Gasteiger partial charge in [0.2, 0.25) is 5.91 Å². The third kappa shape index (κ3) is 3.11. The van der Waals surface area contributed by atoms with Gasteiger partial charge < -0.3 is 5.32 Å². The zero-order valence-electron chi connectivity index (χ0n) is 7.78. The number of nitriles is 1. The Labute approximate surface area is 87.1 Å². The van der Waals surface area contributed by atoms with Crippen molar-refractivity contribution < 1.29 is 4.79 Å². The summed E-state index contributed by atoms with van der Waals surface area (Å²) in [5.41, 5.74) is 1.32. The van der Waals surface area contributed by atoms with Gasteiger partial charge in [0.1, 0.15) is 0 Å². The zero-order chi connectivity index (χ0) is 10.4. The molecule has 1 aromatic rings. The number of rotatable bonds is 3. The minimum absolute atomic E-state index is 0.0257. The minimum atomic E-state index is -0.0257. The lowest BCUT2D eigenvalue weighted by atomic mass is 10.2. The van der Waals surface area contributed by atoms with E-state index in [1.54, 1.807) is 24.3 Å². The fraction of sp³-hybridized carbons (Fsp3) is 0.200. The largest absolute Gasteiger partial charge is 0.325 e. The highest BCUT2D eigenvalue weighted by molar-refractivity contribution is 7.99. The highest BCUT2D eigenvalue weighted by Gasteiger charge is 2.00. The summed E-state index contributed by atoms with van der Waals surface area (Å²) < 4.78 is 0. The van der Waals surface area contributed by atoms with Crippen molar-refractivity contribution >= 4 is 23.4 Å². The minimum Gasteiger partial charge on any atom is -0.325 e.